The quantitative estimate of drug-likeness (QED) is 0.323. The van der Waals surface area contributed by atoms with Gasteiger partial charge in [-0.3, -0.25) is 9.36 Å². The third kappa shape index (κ3) is 9.14. The summed E-state index contributed by atoms with van der Waals surface area (Å²) in [4.78, 5) is 12.8. The smallest absolute Gasteiger partial charge is 0.331 e. The van der Waals surface area contributed by atoms with E-state index in [1.54, 1.807) is 13.8 Å². The van der Waals surface area contributed by atoms with Gasteiger partial charge in [0.15, 0.2) is 0 Å². The highest BCUT2D eigenvalue weighted by Crippen LogP contribution is 2.57. The number of rotatable bonds is 14. The minimum absolute atomic E-state index is 0.0907. The summed E-state index contributed by atoms with van der Waals surface area (Å²) in [6.45, 7) is 13.4. The van der Waals surface area contributed by atoms with Gasteiger partial charge in [-0.2, -0.15) is 0 Å². The van der Waals surface area contributed by atoms with E-state index in [0.717, 1.165) is 12.0 Å². The topological polar surface area (TPSA) is 73.9 Å². The van der Waals surface area contributed by atoms with Crippen molar-refractivity contribution in [2.45, 2.75) is 71.2 Å². The lowest BCUT2D eigenvalue weighted by Gasteiger charge is -2.34. The molecule has 0 bridgehead atoms. The Labute approximate surface area is 177 Å². The normalized spacial score (nSPS) is 14.4. The average molecular weight is 444 g/mol. The van der Waals surface area contributed by atoms with Gasteiger partial charge in [0, 0.05) is 6.42 Å². The monoisotopic (exact) mass is 443 g/mol. The number of carbonyl (C=O) groups excluding carboxylic acids is 1. The van der Waals surface area contributed by atoms with Gasteiger partial charge in [-0.25, -0.2) is 0 Å². The van der Waals surface area contributed by atoms with Gasteiger partial charge in [-0.15, -0.1) is 0 Å². The zero-order valence-corrected chi connectivity index (χ0v) is 20.7. The Kier molecular flexibility index (Phi) is 11.4. The SMILES string of the molecule is CCOP(=O)(OCC)C(CC(=O)NC(CC)COCc1ccccc1)[Si](C)(C)C. The summed E-state index contributed by atoms with van der Waals surface area (Å²) in [6, 6.07) is 9.85. The van der Waals surface area contributed by atoms with E-state index in [9.17, 15) is 9.36 Å². The highest BCUT2D eigenvalue weighted by Gasteiger charge is 2.45. The molecule has 1 N–H and O–H groups in total. The van der Waals surface area contributed by atoms with Crippen LogP contribution in [-0.2, 0) is 29.8 Å². The largest absolute Gasteiger partial charge is 0.375 e. The number of benzene rings is 1. The first-order valence-corrected chi connectivity index (χ1v) is 15.6. The van der Waals surface area contributed by atoms with Gasteiger partial charge >= 0.3 is 7.60 Å². The summed E-state index contributed by atoms with van der Waals surface area (Å²) in [7, 11) is -5.34. The predicted molar refractivity (Wildman–Crippen MR) is 121 cm³/mol. The Morgan fingerprint density at radius 1 is 1.07 bits per heavy atom. The molecule has 166 valence electrons. The van der Waals surface area contributed by atoms with Crippen LogP contribution in [0.25, 0.3) is 0 Å². The number of ether oxygens (including phenoxy) is 1. The zero-order chi connectivity index (χ0) is 21.9. The maximum atomic E-state index is 13.4. The average Bonchev–Trinajstić information content (AvgIpc) is 2.65. The van der Waals surface area contributed by atoms with Gasteiger partial charge in [-0.1, -0.05) is 56.9 Å². The summed E-state index contributed by atoms with van der Waals surface area (Å²) in [5.41, 5.74) is 1.10. The number of nitrogens with one attached hydrogen (secondary N) is 1. The lowest BCUT2D eigenvalue weighted by Crippen LogP contribution is -2.45. The van der Waals surface area contributed by atoms with Crippen molar-refractivity contribution in [1.82, 2.24) is 5.32 Å². The van der Waals surface area contributed by atoms with Gasteiger partial charge in [0.2, 0.25) is 5.91 Å². The molecule has 8 heteroatoms. The maximum Gasteiger partial charge on any atom is 0.331 e. The summed E-state index contributed by atoms with van der Waals surface area (Å²) < 4.78 is 30.3. The fraction of sp³-hybridized carbons (Fsp3) is 0.667. The molecule has 29 heavy (non-hydrogen) atoms. The van der Waals surface area contributed by atoms with E-state index in [4.69, 9.17) is 13.8 Å². The predicted octanol–water partition coefficient (Wildman–Crippen LogP) is 5.00. The highest BCUT2D eigenvalue weighted by atomic mass is 31.2. The fourth-order valence-corrected chi connectivity index (χ4v) is 9.67. The molecule has 0 spiro atoms. The van der Waals surface area contributed by atoms with Crippen molar-refractivity contribution in [1.29, 1.82) is 0 Å². The second-order valence-electron chi connectivity index (χ2n) is 8.13. The molecule has 0 aliphatic rings. The summed E-state index contributed by atoms with van der Waals surface area (Å²) in [5.74, 6) is -0.132. The van der Waals surface area contributed by atoms with Crippen LogP contribution in [-0.4, -0.2) is 45.1 Å². The molecule has 0 aliphatic heterocycles. The van der Waals surface area contributed by atoms with Gasteiger partial charge < -0.3 is 19.1 Å². The van der Waals surface area contributed by atoms with Crippen LogP contribution in [0.4, 0.5) is 0 Å². The van der Waals surface area contributed by atoms with Gasteiger partial charge in [0.25, 0.3) is 0 Å². The molecule has 2 unspecified atom stereocenters. The van der Waals surface area contributed by atoms with Crippen molar-refractivity contribution in [2.75, 3.05) is 19.8 Å². The molecule has 0 aromatic heterocycles. The molecule has 1 aromatic rings. The lowest BCUT2D eigenvalue weighted by molar-refractivity contribution is -0.122. The molecule has 1 rings (SSSR count). The minimum Gasteiger partial charge on any atom is -0.375 e. The Bertz CT molecular complexity index is 640. The minimum atomic E-state index is -3.35. The lowest BCUT2D eigenvalue weighted by atomic mass is 10.2. The van der Waals surface area contributed by atoms with Crippen LogP contribution in [0.1, 0.15) is 39.2 Å². The second kappa shape index (κ2) is 12.7. The third-order valence-corrected chi connectivity index (χ3v) is 12.3. The molecule has 0 aliphatic carbocycles. The third-order valence-electron chi connectivity index (χ3n) is 4.67. The van der Waals surface area contributed by atoms with Crippen molar-refractivity contribution in [2.24, 2.45) is 0 Å². The van der Waals surface area contributed by atoms with Crippen LogP contribution >= 0.6 is 7.60 Å². The molecule has 1 aromatic carbocycles. The van der Waals surface area contributed by atoms with Crippen molar-refractivity contribution < 1.29 is 23.1 Å². The van der Waals surface area contributed by atoms with Gasteiger partial charge in [-0.05, 0) is 25.8 Å². The maximum absolute atomic E-state index is 13.4. The molecule has 0 radical (unpaired) electrons. The van der Waals surface area contributed by atoms with Crippen LogP contribution < -0.4 is 5.32 Å². The highest BCUT2D eigenvalue weighted by molar-refractivity contribution is 7.58. The molecule has 0 fully saturated rings. The number of carbonyl (C=O) groups is 1. The van der Waals surface area contributed by atoms with Gasteiger partial charge in [0.05, 0.1) is 45.8 Å². The van der Waals surface area contributed by atoms with E-state index in [-0.39, 0.29) is 18.4 Å². The molecule has 0 saturated heterocycles. The standard InChI is InChI=1S/C21H38NO5PSi/c1-7-19(17-25-16-18-13-11-10-12-14-18)22-20(23)15-21(29(4,5)6)28(24,26-8-2)27-9-3/h10-14,19,21H,7-9,15-17H2,1-6H3,(H,22,23). The summed E-state index contributed by atoms with van der Waals surface area (Å²) in [5, 5.41) is 2.65. The van der Waals surface area contributed by atoms with Crippen molar-refractivity contribution >= 4 is 21.6 Å². The van der Waals surface area contributed by atoms with Crippen LogP contribution in [0.2, 0.25) is 19.6 Å². The molecule has 1 amide bonds. The van der Waals surface area contributed by atoms with Gasteiger partial charge in [0.1, 0.15) is 0 Å². The van der Waals surface area contributed by atoms with E-state index in [1.807, 2.05) is 37.3 Å². The van der Waals surface area contributed by atoms with Crippen molar-refractivity contribution in [3.63, 3.8) is 0 Å². The first-order valence-electron chi connectivity index (χ1n) is 10.5. The van der Waals surface area contributed by atoms with Crippen LogP contribution in [0.15, 0.2) is 30.3 Å². The first kappa shape index (κ1) is 26.1. The van der Waals surface area contributed by atoms with E-state index >= 15 is 0 Å². The van der Waals surface area contributed by atoms with E-state index < -0.39 is 21.0 Å². The molecular formula is C21H38NO5PSi. The Morgan fingerprint density at radius 2 is 1.66 bits per heavy atom. The molecular weight excluding hydrogens is 405 g/mol. The van der Waals surface area contributed by atoms with Crippen LogP contribution in [0.3, 0.4) is 0 Å². The second-order valence-corrected chi connectivity index (χ2v) is 16.3. The molecule has 0 heterocycles. The van der Waals surface area contributed by atoms with E-state index in [1.165, 1.54) is 0 Å². The summed E-state index contributed by atoms with van der Waals surface area (Å²) in [6.07, 6.45) is 0.898. The zero-order valence-electron chi connectivity index (χ0n) is 18.8. The van der Waals surface area contributed by atoms with Crippen molar-refractivity contribution in [3.8, 4) is 0 Å². The molecule has 6 nitrogen and oxygen atoms in total. The van der Waals surface area contributed by atoms with E-state index in [2.05, 4.69) is 25.0 Å². The number of amides is 1. The Balaban J connectivity index is 2.71. The molecule has 0 saturated carbocycles. The fourth-order valence-electron chi connectivity index (χ4n) is 3.09. The summed E-state index contributed by atoms with van der Waals surface area (Å²) >= 11 is 0. The number of hydrogen-bond acceptors (Lipinski definition) is 5. The first-order chi connectivity index (χ1) is 13.7. The van der Waals surface area contributed by atoms with Crippen molar-refractivity contribution in [3.05, 3.63) is 35.9 Å². The Morgan fingerprint density at radius 3 is 2.14 bits per heavy atom. The van der Waals surface area contributed by atoms with Crippen LogP contribution in [0, 0.1) is 0 Å². The van der Waals surface area contributed by atoms with Crippen LogP contribution in [0.5, 0.6) is 0 Å². The molecule has 2 atom stereocenters. The Hall–Kier alpha value is -0.983. The number of hydrogen-bond donors (Lipinski definition) is 1. The van der Waals surface area contributed by atoms with E-state index in [0.29, 0.717) is 26.4 Å².